The van der Waals surface area contributed by atoms with Gasteiger partial charge in [-0.1, -0.05) is 48.5 Å². The maximum atomic E-state index is 12.9. The molecule has 202 valence electrons. The Bertz CT molecular complexity index is 1400. The first-order valence-electron chi connectivity index (χ1n) is 13.0. The lowest BCUT2D eigenvalue weighted by atomic mass is 9.77. The molecule has 5 rings (SSSR count). The molecule has 2 N–H and O–H groups in total. The van der Waals surface area contributed by atoms with Gasteiger partial charge in [-0.05, 0) is 80.1 Å². The molecule has 1 aliphatic carbocycles. The summed E-state index contributed by atoms with van der Waals surface area (Å²) in [7, 11) is -0.710. The van der Waals surface area contributed by atoms with Crippen molar-refractivity contribution in [1.82, 2.24) is 5.32 Å². The molecule has 1 aliphatic heterocycles. The zero-order chi connectivity index (χ0) is 27.9. The maximum absolute atomic E-state index is 12.9. The molecule has 2 aliphatic rings. The monoisotopic (exact) mass is 545 g/mol. The number of amides is 1. The summed E-state index contributed by atoms with van der Waals surface area (Å²) in [5.74, 6) is -1.01. The Morgan fingerprint density at radius 2 is 1.59 bits per heavy atom. The lowest BCUT2D eigenvalue weighted by molar-refractivity contribution is 0.00578. The molecule has 1 amide bonds. The molecular weight excluding hydrogens is 513 g/mol. The number of aryl methyl sites for hydroxylation is 1. The Morgan fingerprint density at radius 1 is 1.03 bits per heavy atom. The van der Waals surface area contributed by atoms with Crippen LogP contribution >= 0.6 is 11.3 Å². The van der Waals surface area contributed by atoms with Crippen molar-refractivity contribution in [2.24, 2.45) is 0 Å². The van der Waals surface area contributed by atoms with Crippen molar-refractivity contribution in [1.29, 1.82) is 0 Å². The number of alkyl carbamates (subject to hydrolysis) is 1. The minimum atomic E-state index is -0.975. The number of carboxylic acids is 1. The number of ether oxygens (including phenoxy) is 1. The van der Waals surface area contributed by atoms with Crippen molar-refractivity contribution in [3.05, 3.63) is 86.5 Å². The fourth-order valence-electron chi connectivity index (χ4n) is 4.93. The number of benzene rings is 2. The number of hydrogen-bond acceptors (Lipinski definition) is 6. The number of rotatable bonds is 7. The highest BCUT2D eigenvalue weighted by Crippen LogP contribution is 2.44. The molecule has 2 aromatic carbocycles. The van der Waals surface area contributed by atoms with E-state index in [9.17, 15) is 14.7 Å². The average molecular weight is 545 g/mol. The Kier molecular flexibility index (Phi) is 7.18. The molecule has 0 spiro atoms. The van der Waals surface area contributed by atoms with Gasteiger partial charge in [-0.2, -0.15) is 0 Å². The molecule has 0 atom stereocenters. The predicted octanol–water partition coefficient (Wildman–Crippen LogP) is 6.31. The van der Waals surface area contributed by atoms with E-state index in [0.29, 0.717) is 5.47 Å². The van der Waals surface area contributed by atoms with Crippen molar-refractivity contribution in [3.8, 4) is 11.1 Å². The highest BCUT2D eigenvalue weighted by molar-refractivity contribution is 7.15. The highest BCUT2D eigenvalue weighted by Gasteiger charge is 2.52. The van der Waals surface area contributed by atoms with Crippen LogP contribution in [-0.2, 0) is 14.0 Å². The van der Waals surface area contributed by atoms with Gasteiger partial charge in [0.15, 0.2) is 0 Å². The first-order valence-corrected chi connectivity index (χ1v) is 13.8. The van der Waals surface area contributed by atoms with Crippen LogP contribution in [0.2, 0.25) is 0 Å². The smallest absolute Gasteiger partial charge is 0.477 e. The normalized spacial score (nSPS) is 17.6. The van der Waals surface area contributed by atoms with Crippen molar-refractivity contribution in [2.45, 2.75) is 51.7 Å². The largest absolute Gasteiger partial charge is 0.492 e. The van der Waals surface area contributed by atoms with E-state index in [0.717, 1.165) is 21.6 Å². The van der Waals surface area contributed by atoms with Crippen molar-refractivity contribution in [3.63, 3.8) is 0 Å². The van der Waals surface area contributed by atoms with Crippen LogP contribution in [0.5, 0.6) is 0 Å². The van der Waals surface area contributed by atoms with Crippen molar-refractivity contribution >= 4 is 36.6 Å². The van der Waals surface area contributed by atoms with Crippen LogP contribution in [0.3, 0.4) is 0 Å². The van der Waals surface area contributed by atoms with E-state index in [1.54, 1.807) is 6.07 Å². The molecule has 39 heavy (non-hydrogen) atoms. The molecule has 9 heteroatoms. The van der Waals surface area contributed by atoms with E-state index in [1.807, 2.05) is 65.0 Å². The van der Waals surface area contributed by atoms with E-state index in [-0.39, 0.29) is 23.9 Å². The number of carbonyl (C=O) groups is 2. The Morgan fingerprint density at radius 3 is 2.13 bits per heavy atom. The number of nitrogens with one attached hydrogen (secondary N) is 1. The van der Waals surface area contributed by atoms with E-state index >= 15 is 0 Å². The number of carboxylic acid groups (broad SMARTS) is 1. The summed E-state index contributed by atoms with van der Waals surface area (Å²) in [5, 5.41) is 12.3. The second kappa shape index (κ2) is 10.3. The van der Waals surface area contributed by atoms with Gasteiger partial charge in [-0.15, -0.1) is 11.3 Å². The van der Waals surface area contributed by atoms with E-state index in [2.05, 4.69) is 29.6 Å². The summed E-state index contributed by atoms with van der Waals surface area (Å²) < 4.78 is 18.2. The Balaban J connectivity index is 1.32. The fourth-order valence-corrected chi connectivity index (χ4v) is 5.92. The molecule has 7 nitrogen and oxygen atoms in total. The summed E-state index contributed by atoms with van der Waals surface area (Å²) in [6.45, 7) is 10.0. The standard InChI is InChI=1S/C30H32BNO6S/c1-18-14-26(27(33)34)39-25(18)15-19(31-37-29(2,3)30(4,5)38-31)16-32-28(35)36-17-24-22-12-8-6-10-20(22)21-11-7-9-13-23(21)24/h6-15,24H,16-17H2,1-5H3,(H,32,35)(H,33,34). The van der Waals surface area contributed by atoms with Crippen molar-refractivity contribution < 1.29 is 28.7 Å². The highest BCUT2D eigenvalue weighted by atomic mass is 32.1. The third kappa shape index (κ3) is 5.26. The Hall–Kier alpha value is -3.40. The molecule has 1 aromatic heterocycles. The van der Waals surface area contributed by atoms with Crippen LogP contribution in [0.25, 0.3) is 17.2 Å². The van der Waals surface area contributed by atoms with Crippen molar-refractivity contribution in [2.75, 3.05) is 13.2 Å². The van der Waals surface area contributed by atoms with Gasteiger partial charge in [-0.3, -0.25) is 0 Å². The number of aromatic carboxylic acids is 1. The van der Waals surface area contributed by atoms with Gasteiger partial charge in [0.05, 0.1) is 11.2 Å². The zero-order valence-electron chi connectivity index (χ0n) is 22.7. The van der Waals surface area contributed by atoms with Gasteiger partial charge >= 0.3 is 19.2 Å². The number of carbonyl (C=O) groups excluding carboxylic acids is 1. The van der Waals surface area contributed by atoms with Gasteiger partial charge < -0.3 is 24.5 Å². The molecule has 0 radical (unpaired) electrons. The van der Waals surface area contributed by atoms with E-state index in [4.69, 9.17) is 14.0 Å². The van der Waals surface area contributed by atoms with Crippen LogP contribution in [-0.4, -0.2) is 48.6 Å². The van der Waals surface area contributed by atoms with Crippen LogP contribution in [0.4, 0.5) is 4.79 Å². The van der Waals surface area contributed by atoms with Gasteiger partial charge in [0.1, 0.15) is 11.5 Å². The molecule has 2 heterocycles. The van der Waals surface area contributed by atoms with E-state index < -0.39 is 30.4 Å². The van der Waals surface area contributed by atoms with E-state index in [1.165, 1.54) is 22.5 Å². The lowest BCUT2D eigenvalue weighted by Crippen LogP contribution is -2.41. The fraction of sp³-hybridized carbons (Fsp3) is 0.333. The van der Waals surface area contributed by atoms with Crippen LogP contribution in [0.1, 0.15) is 64.9 Å². The zero-order valence-corrected chi connectivity index (χ0v) is 23.6. The first-order chi connectivity index (χ1) is 18.5. The molecule has 0 bridgehead atoms. The predicted molar refractivity (Wildman–Crippen MR) is 153 cm³/mol. The number of hydrogen-bond donors (Lipinski definition) is 2. The Labute approximate surface area is 232 Å². The van der Waals surface area contributed by atoms with Crippen LogP contribution < -0.4 is 5.32 Å². The van der Waals surface area contributed by atoms with Gasteiger partial charge in [0.25, 0.3) is 0 Å². The average Bonchev–Trinajstić information content (AvgIpc) is 3.49. The lowest BCUT2D eigenvalue weighted by Gasteiger charge is -2.32. The molecule has 0 unspecified atom stereocenters. The van der Waals surface area contributed by atoms with Crippen LogP contribution in [0, 0.1) is 6.92 Å². The second-order valence-electron chi connectivity index (χ2n) is 10.9. The third-order valence-electron chi connectivity index (χ3n) is 7.82. The molecule has 1 saturated heterocycles. The summed E-state index contributed by atoms with van der Waals surface area (Å²) in [4.78, 5) is 25.4. The maximum Gasteiger partial charge on any atom is 0.492 e. The molecule has 3 aromatic rings. The SMILES string of the molecule is Cc1cc(C(=O)O)sc1C=C(CNC(=O)OCC1c2ccccc2-c2ccccc21)B1OC(C)(C)C(C)(C)O1. The summed E-state index contributed by atoms with van der Waals surface area (Å²) in [6.07, 6.45) is 1.30. The second-order valence-corrected chi connectivity index (χ2v) is 12.0. The van der Waals surface area contributed by atoms with Crippen LogP contribution in [0.15, 0.2) is 60.1 Å². The topological polar surface area (TPSA) is 94.1 Å². The summed E-state index contributed by atoms with van der Waals surface area (Å²) in [5.41, 5.74) is 4.98. The molecule has 1 fully saturated rings. The minimum Gasteiger partial charge on any atom is -0.477 e. The quantitative estimate of drug-likeness (QED) is 0.338. The van der Waals surface area contributed by atoms with Gasteiger partial charge in [0, 0.05) is 17.3 Å². The minimum absolute atomic E-state index is 0.0375. The van der Waals surface area contributed by atoms with Gasteiger partial charge in [-0.25, -0.2) is 9.59 Å². The number of fused-ring (bicyclic) bond motifs is 3. The molecule has 0 saturated carbocycles. The number of thiophene rings is 1. The summed E-state index contributed by atoms with van der Waals surface area (Å²) in [6, 6.07) is 18.0. The third-order valence-corrected chi connectivity index (χ3v) is 8.99. The summed E-state index contributed by atoms with van der Waals surface area (Å²) >= 11 is 1.17. The van der Waals surface area contributed by atoms with Gasteiger partial charge in [0.2, 0.25) is 0 Å². The first kappa shape index (κ1) is 27.2. The molecular formula is C30H32BNO6S.